The van der Waals surface area contributed by atoms with Gasteiger partial charge in [0, 0.05) is 25.9 Å². The van der Waals surface area contributed by atoms with Crippen LogP contribution in [-0.4, -0.2) is 43.0 Å². The van der Waals surface area contributed by atoms with Crippen molar-refractivity contribution in [2.45, 2.75) is 18.6 Å². The summed E-state index contributed by atoms with van der Waals surface area (Å²) in [5.74, 6) is 0.223. The number of nitriles is 1. The van der Waals surface area contributed by atoms with Crippen molar-refractivity contribution >= 4 is 6.02 Å². The van der Waals surface area contributed by atoms with Crippen LogP contribution in [0.4, 0.5) is 0 Å². The summed E-state index contributed by atoms with van der Waals surface area (Å²) >= 11 is 0. The van der Waals surface area contributed by atoms with E-state index in [-0.39, 0.29) is 0 Å². The van der Waals surface area contributed by atoms with E-state index in [1.54, 1.807) is 6.19 Å². The summed E-state index contributed by atoms with van der Waals surface area (Å²) in [6.45, 7) is 2.68. The number of nitrogens with zero attached hydrogens (tertiary/aromatic N) is 3. The molecule has 0 aromatic heterocycles. The topological polar surface area (TPSA) is 67.1 Å². The number of rotatable bonds is 1. The molecule has 6 heteroatoms. The molecule has 0 aliphatic carbocycles. The molecule has 2 heterocycles. The highest BCUT2D eigenvalue weighted by Crippen LogP contribution is 2.31. The number of hydrogen-bond acceptors (Lipinski definition) is 5. The number of likely N-dealkylation sites (tertiary alicyclic amines) is 1. The van der Waals surface area contributed by atoms with Crippen molar-refractivity contribution in [3.05, 3.63) is 30.3 Å². The van der Waals surface area contributed by atoms with Crippen LogP contribution in [0, 0.1) is 11.5 Å². The van der Waals surface area contributed by atoms with Crippen LogP contribution in [0.25, 0.3) is 0 Å². The molecule has 1 aromatic carbocycles. The lowest BCUT2D eigenvalue weighted by atomic mass is 10.0. The number of ether oxygens (including phenoxy) is 3. The molecule has 0 bridgehead atoms. The predicted octanol–water partition coefficient (Wildman–Crippen LogP) is 1.74. The van der Waals surface area contributed by atoms with Crippen molar-refractivity contribution in [1.29, 1.82) is 5.26 Å². The van der Waals surface area contributed by atoms with E-state index in [9.17, 15) is 0 Å². The maximum atomic E-state index is 8.86. The minimum Gasteiger partial charge on any atom is -0.425 e. The molecule has 0 amide bonds. The Morgan fingerprint density at radius 1 is 1.19 bits per heavy atom. The van der Waals surface area contributed by atoms with E-state index in [4.69, 9.17) is 19.5 Å². The van der Waals surface area contributed by atoms with E-state index >= 15 is 0 Å². The molecule has 0 N–H and O–H groups in total. The van der Waals surface area contributed by atoms with Gasteiger partial charge in [-0.3, -0.25) is 0 Å². The third-order valence-electron chi connectivity index (χ3n) is 3.71. The Morgan fingerprint density at radius 2 is 1.86 bits per heavy atom. The van der Waals surface area contributed by atoms with Crippen LogP contribution in [0.3, 0.4) is 0 Å². The Kier molecular flexibility index (Phi) is 4.04. The number of para-hydroxylation sites is 1. The summed E-state index contributed by atoms with van der Waals surface area (Å²) < 4.78 is 17.1. The quantitative estimate of drug-likeness (QED) is 0.447. The highest BCUT2D eigenvalue weighted by molar-refractivity contribution is 5.77. The van der Waals surface area contributed by atoms with Gasteiger partial charge in [0.1, 0.15) is 5.75 Å². The molecule has 2 fully saturated rings. The highest BCUT2D eigenvalue weighted by atomic mass is 16.7. The zero-order valence-electron chi connectivity index (χ0n) is 11.7. The average Bonchev–Trinajstić information content (AvgIpc) is 2.97. The van der Waals surface area contributed by atoms with Crippen LogP contribution >= 0.6 is 0 Å². The number of benzene rings is 1. The van der Waals surface area contributed by atoms with E-state index < -0.39 is 5.79 Å². The fourth-order valence-corrected chi connectivity index (χ4v) is 2.62. The summed E-state index contributed by atoms with van der Waals surface area (Å²) in [7, 11) is 0. The molecule has 2 aliphatic rings. The maximum Gasteiger partial charge on any atom is 0.308 e. The summed E-state index contributed by atoms with van der Waals surface area (Å²) in [5, 5.41) is 8.86. The Morgan fingerprint density at radius 3 is 2.48 bits per heavy atom. The van der Waals surface area contributed by atoms with Gasteiger partial charge in [-0.2, -0.15) is 5.26 Å². The number of amidine groups is 1. The Balaban J connectivity index is 1.66. The standard InChI is InChI=1S/C15H17N3O3/c16-12-17-14(21-13-4-2-1-3-5-13)18-8-6-15(7-9-18)19-10-11-20-15/h1-5H,6-11H2. The summed E-state index contributed by atoms with van der Waals surface area (Å²) in [4.78, 5) is 5.75. The second-order valence-corrected chi connectivity index (χ2v) is 5.00. The Bertz CT molecular complexity index is 537. The van der Waals surface area contributed by atoms with E-state index in [1.165, 1.54) is 0 Å². The first-order valence-corrected chi connectivity index (χ1v) is 7.04. The molecular formula is C15H17N3O3. The van der Waals surface area contributed by atoms with Gasteiger partial charge in [-0.15, -0.1) is 4.99 Å². The molecular weight excluding hydrogens is 270 g/mol. The molecule has 3 rings (SSSR count). The molecule has 110 valence electrons. The second kappa shape index (κ2) is 6.12. The zero-order chi connectivity index (χ0) is 14.5. The van der Waals surface area contributed by atoms with Gasteiger partial charge in [0.15, 0.2) is 5.79 Å². The van der Waals surface area contributed by atoms with Crippen LogP contribution < -0.4 is 4.74 Å². The van der Waals surface area contributed by atoms with Crippen molar-refractivity contribution in [3.63, 3.8) is 0 Å². The molecule has 6 nitrogen and oxygen atoms in total. The molecule has 1 spiro atoms. The number of hydrogen-bond donors (Lipinski definition) is 0. The zero-order valence-corrected chi connectivity index (χ0v) is 11.7. The average molecular weight is 287 g/mol. The first-order chi connectivity index (χ1) is 10.3. The van der Waals surface area contributed by atoms with Crippen molar-refractivity contribution in [2.24, 2.45) is 4.99 Å². The predicted molar refractivity (Wildman–Crippen MR) is 75.6 cm³/mol. The Hall–Kier alpha value is -2.10. The van der Waals surface area contributed by atoms with E-state index in [2.05, 4.69) is 4.99 Å². The van der Waals surface area contributed by atoms with Crippen LogP contribution in [0.5, 0.6) is 5.75 Å². The van der Waals surface area contributed by atoms with Gasteiger partial charge >= 0.3 is 6.02 Å². The minimum atomic E-state index is -0.443. The number of aliphatic imine (C=N–C) groups is 1. The van der Waals surface area contributed by atoms with Crippen molar-refractivity contribution < 1.29 is 14.2 Å². The normalized spacial score (nSPS) is 21.3. The Labute approximate surface area is 123 Å². The molecule has 0 atom stereocenters. The van der Waals surface area contributed by atoms with Gasteiger partial charge in [0.05, 0.1) is 13.2 Å². The fraction of sp³-hybridized carbons (Fsp3) is 0.467. The molecule has 0 saturated carbocycles. The highest BCUT2D eigenvalue weighted by Gasteiger charge is 2.40. The van der Waals surface area contributed by atoms with E-state index in [1.807, 2.05) is 35.2 Å². The van der Waals surface area contributed by atoms with Gasteiger partial charge in [0.25, 0.3) is 0 Å². The van der Waals surface area contributed by atoms with Gasteiger partial charge < -0.3 is 19.1 Å². The molecule has 2 saturated heterocycles. The molecule has 0 unspecified atom stereocenters. The van der Waals surface area contributed by atoms with Gasteiger partial charge in [-0.05, 0) is 12.1 Å². The van der Waals surface area contributed by atoms with Crippen molar-refractivity contribution in [3.8, 4) is 11.9 Å². The smallest absolute Gasteiger partial charge is 0.308 e. The molecule has 0 radical (unpaired) electrons. The third kappa shape index (κ3) is 3.15. The fourth-order valence-electron chi connectivity index (χ4n) is 2.62. The molecule has 2 aliphatic heterocycles. The SMILES string of the molecule is N#CN=C(Oc1ccccc1)N1CCC2(CC1)OCCO2. The van der Waals surface area contributed by atoms with Crippen molar-refractivity contribution in [1.82, 2.24) is 4.90 Å². The van der Waals surface area contributed by atoms with Crippen LogP contribution in [-0.2, 0) is 9.47 Å². The second-order valence-electron chi connectivity index (χ2n) is 5.00. The number of piperidine rings is 1. The lowest BCUT2D eigenvalue weighted by Gasteiger charge is -2.37. The van der Waals surface area contributed by atoms with Gasteiger partial charge in [-0.25, -0.2) is 0 Å². The summed E-state index contributed by atoms with van der Waals surface area (Å²) in [6, 6.07) is 9.67. The first-order valence-electron chi connectivity index (χ1n) is 7.04. The maximum absolute atomic E-state index is 8.86. The largest absolute Gasteiger partial charge is 0.425 e. The monoisotopic (exact) mass is 287 g/mol. The lowest BCUT2D eigenvalue weighted by molar-refractivity contribution is -0.181. The molecule has 1 aromatic rings. The summed E-state index contributed by atoms with van der Waals surface area (Å²) in [6.07, 6.45) is 3.30. The van der Waals surface area contributed by atoms with Crippen molar-refractivity contribution in [2.75, 3.05) is 26.3 Å². The first kappa shape index (κ1) is 13.9. The minimum absolute atomic E-state index is 0.330. The summed E-state index contributed by atoms with van der Waals surface area (Å²) in [5.41, 5.74) is 0. The van der Waals surface area contributed by atoms with E-state index in [0.29, 0.717) is 38.1 Å². The molecule has 21 heavy (non-hydrogen) atoms. The van der Waals surface area contributed by atoms with Crippen LogP contribution in [0.15, 0.2) is 35.3 Å². The van der Waals surface area contributed by atoms with Crippen LogP contribution in [0.1, 0.15) is 12.8 Å². The van der Waals surface area contributed by atoms with Crippen LogP contribution in [0.2, 0.25) is 0 Å². The lowest BCUT2D eigenvalue weighted by Crippen LogP contribution is -2.48. The van der Waals surface area contributed by atoms with Gasteiger partial charge in [0.2, 0.25) is 6.19 Å². The third-order valence-corrected chi connectivity index (χ3v) is 3.71. The van der Waals surface area contributed by atoms with E-state index in [0.717, 1.165) is 12.8 Å². The van der Waals surface area contributed by atoms with Gasteiger partial charge in [-0.1, -0.05) is 18.2 Å².